The number of ether oxygens (including phenoxy) is 1. The zero-order chi connectivity index (χ0) is 13.9. The molecule has 1 aliphatic carbocycles. The van der Waals surface area contributed by atoms with Crippen LogP contribution in [0.3, 0.4) is 0 Å². The molecule has 0 aromatic heterocycles. The van der Waals surface area contributed by atoms with E-state index in [2.05, 4.69) is 11.9 Å². The molecule has 0 saturated heterocycles. The van der Waals surface area contributed by atoms with Crippen molar-refractivity contribution in [1.82, 2.24) is 0 Å². The molecule has 19 heavy (non-hydrogen) atoms. The molecule has 1 aromatic rings. The van der Waals surface area contributed by atoms with Crippen molar-refractivity contribution < 1.29 is 9.53 Å². The summed E-state index contributed by atoms with van der Waals surface area (Å²) < 4.78 is 5.56. The second-order valence-corrected chi connectivity index (χ2v) is 5.38. The number of aryl methyl sites for hydroxylation is 1. The van der Waals surface area contributed by atoms with Gasteiger partial charge in [-0.25, -0.2) is 4.79 Å². The molecule has 0 bridgehead atoms. The van der Waals surface area contributed by atoms with Crippen molar-refractivity contribution in [2.24, 2.45) is 4.99 Å². The molecule has 1 saturated carbocycles. The van der Waals surface area contributed by atoms with E-state index >= 15 is 0 Å². The Kier molecular flexibility index (Phi) is 4.28. The topological polar surface area (TPSA) is 38.7 Å². The molecular formula is C15H18ClNO2. The number of rotatable bonds is 4. The molecule has 0 heterocycles. The van der Waals surface area contributed by atoms with Gasteiger partial charge < -0.3 is 4.74 Å². The van der Waals surface area contributed by atoms with Crippen LogP contribution in [0, 0.1) is 0 Å². The first-order chi connectivity index (χ1) is 9.16. The molecule has 0 spiro atoms. The van der Waals surface area contributed by atoms with Gasteiger partial charge in [-0.2, -0.15) is 4.99 Å². The van der Waals surface area contributed by atoms with E-state index in [0.717, 1.165) is 49.0 Å². The molecule has 1 aliphatic rings. The summed E-state index contributed by atoms with van der Waals surface area (Å²) in [6.07, 6.45) is 6.38. The first kappa shape index (κ1) is 14.1. The quantitative estimate of drug-likeness (QED) is 0.617. The van der Waals surface area contributed by atoms with Gasteiger partial charge in [0.1, 0.15) is 11.3 Å². The van der Waals surface area contributed by atoms with Gasteiger partial charge in [0, 0.05) is 10.6 Å². The average Bonchev–Trinajstić information content (AvgIpc) is 2.87. The third kappa shape index (κ3) is 2.54. The molecule has 102 valence electrons. The lowest BCUT2D eigenvalue weighted by molar-refractivity contribution is 0.375. The molecule has 0 radical (unpaired) electrons. The van der Waals surface area contributed by atoms with Gasteiger partial charge in [0.2, 0.25) is 6.08 Å². The Morgan fingerprint density at radius 3 is 2.63 bits per heavy atom. The molecule has 1 fully saturated rings. The van der Waals surface area contributed by atoms with Crippen LogP contribution in [-0.4, -0.2) is 13.2 Å². The molecule has 0 unspecified atom stereocenters. The highest BCUT2D eigenvalue weighted by Gasteiger charge is 2.38. The average molecular weight is 280 g/mol. The van der Waals surface area contributed by atoms with Crippen LogP contribution in [0.25, 0.3) is 0 Å². The number of aliphatic imine (C=N–C) groups is 1. The molecule has 0 atom stereocenters. The van der Waals surface area contributed by atoms with Crippen LogP contribution in [0.1, 0.15) is 43.7 Å². The zero-order valence-electron chi connectivity index (χ0n) is 11.3. The Labute approximate surface area is 118 Å². The predicted octanol–water partition coefficient (Wildman–Crippen LogP) is 4.02. The van der Waals surface area contributed by atoms with Gasteiger partial charge in [-0.3, -0.25) is 0 Å². The number of hydrogen-bond acceptors (Lipinski definition) is 3. The smallest absolute Gasteiger partial charge is 0.235 e. The van der Waals surface area contributed by atoms with Crippen molar-refractivity contribution >= 4 is 17.7 Å². The van der Waals surface area contributed by atoms with Crippen molar-refractivity contribution in [2.75, 3.05) is 7.11 Å². The van der Waals surface area contributed by atoms with Gasteiger partial charge in [0.15, 0.2) is 0 Å². The number of benzene rings is 1. The van der Waals surface area contributed by atoms with E-state index in [0.29, 0.717) is 5.02 Å². The van der Waals surface area contributed by atoms with Crippen molar-refractivity contribution in [3.63, 3.8) is 0 Å². The van der Waals surface area contributed by atoms with E-state index in [1.54, 1.807) is 13.2 Å². The first-order valence-corrected chi connectivity index (χ1v) is 7.00. The molecule has 4 heteroatoms. The Bertz CT molecular complexity index is 515. The maximum absolute atomic E-state index is 10.8. The normalized spacial score (nSPS) is 17.0. The van der Waals surface area contributed by atoms with Crippen LogP contribution in [0.4, 0.5) is 0 Å². The Morgan fingerprint density at radius 1 is 1.42 bits per heavy atom. The number of nitrogens with zero attached hydrogens (tertiary/aromatic N) is 1. The van der Waals surface area contributed by atoms with Crippen LogP contribution in [0.15, 0.2) is 17.1 Å². The van der Waals surface area contributed by atoms with Crippen LogP contribution < -0.4 is 4.74 Å². The fraction of sp³-hybridized carbons (Fsp3) is 0.533. The van der Waals surface area contributed by atoms with Gasteiger partial charge in [0.25, 0.3) is 0 Å². The van der Waals surface area contributed by atoms with E-state index in [9.17, 15) is 4.79 Å². The summed E-state index contributed by atoms with van der Waals surface area (Å²) in [5.41, 5.74) is 1.49. The largest absolute Gasteiger partial charge is 0.496 e. The maximum Gasteiger partial charge on any atom is 0.235 e. The predicted molar refractivity (Wildman–Crippen MR) is 75.6 cm³/mol. The van der Waals surface area contributed by atoms with Crippen LogP contribution in [-0.2, 0) is 16.8 Å². The first-order valence-electron chi connectivity index (χ1n) is 6.63. The minimum Gasteiger partial charge on any atom is -0.496 e. The molecule has 0 N–H and O–H groups in total. The van der Waals surface area contributed by atoms with E-state index in [4.69, 9.17) is 16.3 Å². The molecule has 0 aliphatic heterocycles. The lowest BCUT2D eigenvalue weighted by atomic mass is 9.86. The van der Waals surface area contributed by atoms with Gasteiger partial charge in [0.05, 0.1) is 7.11 Å². The summed E-state index contributed by atoms with van der Waals surface area (Å²) in [6, 6.07) is 3.79. The summed E-state index contributed by atoms with van der Waals surface area (Å²) in [6.45, 7) is 2.06. The van der Waals surface area contributed by atoms with E-state index < -0.39 is 5.54 Å². The number of carbonyl (C=O) groups excluding carboxylic acids is 1. The summed E-state index contributed by atoms with van der Waals surface area (Å²) in [4.78, 5) is 14.9. The van der Waals surface area contributed by atoms with Gasteiger partial charge >= 0.3 is 0 Å². The van der Waals surface area contributed by atoms with Crippen molar-refractivity contribution in [1.29, 1.82) is 0 Å². The maximum atomic E-state index is 10.8. The molecule has 3 nitrogen and oxygen atoms in total. The van der Waals surface area contributed by atoms with Crippen molar-refractivity contribution in [2.45, 2.75) is 44.6 Å². The van der Waals surface area contributed by atoms with Crippen LogP contribution in [0.2, 0.25) is 5.02 Å². The number of isocyanates is 1. The Balaban J connectivity index is 2.65. The standard InChI is InChI=1S/C15H18ClNO2/c1-3-11-8-12(16)9-13(14(11)19-2)15(17-10-18)6-4-5-7-15/h8-9H,3-7H2,1-2H3. The Hall–Kier alpha value is -1.31. The monoisotopic (exact) mass is 279 g/mol. The molecule has 1 aromatic carbocycles. The number of halogens is 1. The van der Waals surface area contributed by atoms with Gasteiger partial charge in [-0.15, -0.1) is 0 Å². The molecule has 2 rings (SSSR count). The Morgan fingerprint density at radius 2 is 2.11 bits per heavy atom. The van der Waals surface area contributed by atoms with Gasteiger partial charge in [-0.1, -0.05) is 31.4 Å². The van der Waals surface area contributed by atoms with E-state index in [1.807, 2.05) is 12.1 Å². The second kappa shape index (κ2) is 5.77. The van der Waals surface area contributed by atoms with Gasteiger partial charge in [-0.05, 0) is 37.0 Å². The summed E-state index contributed by atoms with van der Waals surface area (Å²) in [5.74, 6) is 0.813. The minimum absolute atomic E-state index is 0.498. The summed E-state index contributed by atoms with van der Waals surface area (Å²) in [7, 11) is 1.65. The lowest BCUT2D eigenvalue weighted by Crippen LogP contribution is -2.20. The fourth-order valence-electron chi connectivity index (χ4n) is 2.99. The molecular weight excluding hydrogens is 262 g/mol. The zero-order valence-corrected chi connectivity index (χ0v) is 12.1. The van der Waals surface area contributed by atoms with Crippen molar-refractivity contribution in [3.8, 4) is 5.75 Å². The van der Waals surface area contributed by atoms with Crippen molar-refractivity contribution in [3.05, 3.63) is 28.3 Å². The third-order valence-corrected chi connectivity index (χ3v) is 4.13. The van der Waals surface area contributed by atoms with Crippen LogP contribution in [0.5, 0.6) is 5.75 Å². The SMILES string of the molecule is CCc1cc(Cl)cc(C2(N=C=O)CCCC2)c1OC. The van der Waals surface area contributed by atoms with E-state index in [1.165, 1.54) is 0 Å². The minimum atomic E-state index is -0.498. The van der Waals surface area contributed by atoms with Crippen LogP contribution >= 0.6 is 11.6 Å². The lowest BCUT2D eigenvalue weighted by Gasteiger charge is -2.26. The summed E-state index contributed by atoms with van der Waals surface area (Å²) in [5, 5.41) is 0.667. The highest BCUT2D eigenvalue weighted by molar-refractivity contribution is 6.30. The highest BCUT2D eigenvalue weighted by Crippen LogP contribution is 2.47. The number of hydrogen-bond donors (Lipinski definition) is 0. The van der Waals surface area contributed by atoms with E-state index in [-0.39, 0.29) is 0 Å². The summed E-state index contributed by atoms with van der Waals surface area (Å²) >= 11 is 6.20. The highest BCUT2D eigenvalue weighted by atomic mass is 35.5. The third-order valence-electron chi connectivity index (χ3n) is 3.91. The fourth-order valence-corrected chi connectivity index (χ4v) is 3.23. The number of methoxy groups -OCH3 is 1. The molecule has 0 amide bonds. The second-order valence-electron chi connectivity index (χ2n) is 4.94.